The van der Waals surface area contributed by atoms with Crippen molar-refractivity contribution in [3.63, 3.8) is 0 Å². The number of rotatable bonds is 2. The van der Waals surface area contributed by atoms with Gasteiger partial charge in [0.2, 0.25) is 0 Å². The van der Waals surface area contributed by atoms with Gasteiger partial charge in [0.25, 0.3) is 0 Å². The lowest BCUT2D eigenvalue weighted by atomic mass is 10.1. The molecule has 1 aliphatic rings. The first-order chi connectivity index (χ1) is 6.81. The highest BCUT2D eigenvalue weighted by Crippen LogP contribution is 2.29. The van der Waals surface area contributed by atoms with E-state index in [2.05, 4.69) is 4.98 Å². The van der Waals surface area contributed by atoms with Crippen LogP contribution in [-0.2, 0) is 11.3 Å². The van der Waals surface area contributed by atoms with Crippen LogP contribution in [0.2, 0.25) is 0 Å². The Labute approximate surface area is 82.7 Å². The summed E-state index contributed by atoms with van der Waals surface area (Å²) in [6, 6.07) is 1.82. The average Bonchev–Trinajstić information content (AvgIpc) is 2.71. The second-order valence-corrected chi connectivity index (χ2v) is 3.44. The number of nitrogens with two attached hydrogens (primary N) is 1. The van der Waals surface area contributed by atoms with Crippen molar-refractivity contribution in [3.05, 3.63) is 23.5 Å². The molecule has 1 fully saturated rings. The van der Waals surface area contributed by atoms with E-state index in [-0.39, 0.29) is 11.9 Å². The fourth-order valence-corrected chi connectivity index (χ4v) is 1.66. The molecule has 1 saturated heterocycles. The van der Waals surface area contributed by atoms with Crippen LogP contribution in [0.5, 0.6) is 5.75 Å². The molecule has 1 atom stereocenters. The van der Waals surface area contributed by atoms with E-state index in [1.165, 1.54) is 6.20 Å². The third-order valence-electron chi connectivity index (χ3n) is 2.47. The summed E-state index contributed by atoms with van der Waals surface area (Å²) in [5.41, 5.74) is 7.09. The Balaban J connectivity index is 2.25. The van der Waals surface area contributed by atoms with Gasteiger partial charge in [0.15, 0.2) is 0 Å². The zero-order valence-corrected chi connectivity index (χ0v) is 7.94. The number of ether oxygens (including phenoxy) is 1. The predicted octanol–water partition coefficient (Wildman–Crippen LogP) is 1.10. The lowest BCUT2D eigenvalue weighted by Gasteiger charge is -2.10. The Bertz CT molecular complexity index is 322. The summed E-state index contributed by atoms with van der Waals surface area (Å²) in [7, 11) is 0. The van der Waals surface area contributed by atoms with Crippen LogP contribution in [0.4, 0.5) is 0 Å². The van der Waals surface area contributed by atoms with Gasteiger partial charge in [0.05, 0.1) is 18.0 Å². The van der Waals surface area contributed by atoms with Crippen molar-refractivity contribution in [2.24, 2.45) is 5.73 Å². The van der Waals surface area contributed by atoms with Crippen LogP contribution in [0, 0.1) is 0 Å². The van der Waals surface area contributed by atoms with Gasteiger partial charge in [-0.15, -0.1) is 0 Å². The molecule has 0 bridgehead atoms. The molecule has 2 heterocycles. The molecule has 1 aromatic heterocycles. The van der Waals surface area contributed by atoms with Gasteiger partial charge in [-0.25, -0.2) is 0 Å². The smallest absolute Gasteiger partial charge is 0.138 e. The van der Waals surface area contributed by atoms with Crippen LogP contribution in [0.3, 0.4) is 0 Å². The van der Waals surface area contributed by atoms with Crippen LogP contribution < -0.4 is 5.73 Å². The first-order valence-corrected chi connectivity index (χ1v) is 4.80. The SMILES string of the molecule is NCc1cc(C2CCCO2)ncc1O. The van der Waals surface area contributed by atoms with Crippen LogP contribution in [-0.4, -0.2) is 16.7 Å². The van der Waals surface area contributed by atoms with Gasteiger partial charge in [-0.2, -0.15) is 0 Å². The highest BCUT2D eigenvalue weighted by molar-refractivity contribution is 5.31. The van der Waals surface area contributed by atoms with Crippen LogP contribution in [0.1, 0.15) is 30.2 Å². The van der Waals surface area contributed by atoms with Crippen LogP contribution in [0.15, 0.2) is 12.3 Å². The zero-order chi connectivity index (χ0) is 9.97. The minimum Gasteiger partial charge on any atom is -0.506 e. The van der Waals surface area contributed by atoms with Crippen molar-refractivity contribution >= 4 is 0 Å². The van der Waals surface area contributed by atoms with E-state index >= 15 is 0 Å². The Morgan fingerprint density at radius 2 is 2.50 bits per heavy atom. The van der Waals surface area contributed by atoms with E-state index in [0.717, 1.165) is 30.7 Å². The quantitative estimate of drug-likeness (QED) is 0.739. The number of aromatic nitrogens is 1. The largest absolute Gasteiger partial charge is 0.506 e. The predicted molar refractivity (Wildman–Crippen MR) is 51.7 cm³/mol. The maximum Gasteiger partial charge on any atom is 0.138 e. The van der Waals surface area contributed by atoms with E-state index in [1.807, 2.05) is 6.07 Å². The summed E-state index contributed by atoms with van der Waals surface area (Å²) in [6.45, 7) is 1.12. The highest BCUT2D eigenvalue weighted by Gasteiger charge is 2.19. The van der Waals surface area contributed by atoms with Gasteiger partial charge < -0.3 is 15.6 Å². The fourth-order valence-electron chi connectivity index (χ4n) is 1.66. The van der Waals surface area contributed by atoms with Crippen molar-refractivity contribution in [3.8, 4) is 5.75 Å². The van der Waals surface area contributed by atoms with E-state index in [9.17, 15) is 5.11 Å². The zero-order valence-electron chi connectivity index (χ0n) is 7.94. The summed E-state index contributed by atoms with van der Waals surface area (Å²) in [6.07, 6.45) is 3.60. The number of nitrogens with zero attached hydrogens (tertiary/aromatic N) is 1. The summed E-state index contributed by atoms with van der Waals surface area (Å²) >= 11 is 0. The van der Waals surface area contributed by atoms with Crippen molar-refractivity contribution in [1.82, 2.24) is 4.98 Å². The molecule has 0 aliphatic carbocycles. The molecule has 2 rings (SSSR count). The lowest BCUT2D eigenvalue weighted by Crippen LogP contribution is -2.03. The highest BCUT2D eigenvalue weighted by atomic mass is 16.5. The van der Waals surface area contributed by atoms with Gasteiger partial charge in [0, 0.05) is 18.7 Å². The van der Waals surface area contributed by atoms with E-state index < -0.39 is 0 Å². The second kappa shape index (κ2) is 3.94. The van der Waals surface area contributed by atoms with Gasteiger partial charge in [-0.3, -0.25) is 4.98 Å². The number of aromatic hydroxyl groups is 1. The van der Waals surface area contributed by atoms with Gasteiger partial charge >= 0.3 is 0 Å². The summed E-state index contributed by atoms with van der Waals surface area (Å²) < 4.78 is 5.49. The monoisotopic (exact) mass is 194 g/mol. The minimum atomic E-state index is 0.0842. The Morgan fingerprint density at radius 3 is 3.14 bits per heavy atom. The third kappa shape index (κ3) is 1.71. The van der Waals surface area contributed by atoms with Gasteiger partial charge in [-0.1, -0.05) is 0 Å². The van der Waals surface area contributed by atoms with Crippen molar-refractivity contribution in [2.75, 3.05) is 6.61 Å². The molecule has 4 heteroatoms. The van der Waals surface area contributed by atoms with Crippen molar-refractivity contribution in [2.45, 2.75) is 25.5 Å². The summed E-state index contributed by atoms with van der Waals surface area (Å²) in [5.74, 6) is 0.161. The third-order valence-corrected chi connectivity index (χ3v) is 2.47. The number of hydrogen-bond acceptors (Lipinski definition) is 4. The molecular formula is C10H14N2O2. The standard InChI is InChI=1S/C10H14N2O2/c11-5-7-4-8(12-6-9(7)13)10-2-1-3-14-10/h4,6,10,13H,1-3,5,11H2. The normalized spacial score (nSPS) is 21.4. The molecule has 14 heavy (non-hydrogen) atoms. The summed E-state index contributed by atoms with van der Waals surface area (Å²) in [4.78, 5) is 4.14. The van der Waals surface area contributed by atoms with Gasteiger partial charge in [-0.05, 0) is 18.9 Å². The molecule has 0 saturated carbocycles. The Kier molecular flexibility index (Phi) is 2.65. The van der Waals surface area contributed by atoms with E-state index in [1.54, 1.807) is 0 Å². The average molecular weight is 194 g/mol. The minimum absolute atomic E-state index is 0.0842. The molecule has 0 spiro atoms. The van der Waals surface area contributed by atoms with E-state index in [0.29, 0.717) is 6.54 Å². The molecule has 1 unspecified atom stereocenters. The topological polar surface area (TPSA) is 68.4 Å². The summed E-state index contributed by atoms with van der Waals surface area (Å²) in [5, 5.41) is 9.39. The number of hydrogen-bond donors (Lipinski definition) is 2. The molecule has 76 valence electrons. The molecule has 1 aromatic rings. The molecule has 3 N–H and O–H groups in total. The molecule has 1 aliphatic heterocycles. The van der Waals surface area contributed by atoms with E-state index in [4.69, 9.17) is 10.5 Å². The first-order valence-electron chi connectivity index (χ1n) is 4.80. The maximum absolute atomic E-state index is 9.39. The second-order valence-electron chi connectivity index (χ2n) is 3.44. The molecular weight excluding hydrogens is 180 g/mol. The lowest BCUT2D eigenvalue weighted by molar-refractivity contribution is 0.108. The maximum atomic E-state index is 9.39. The molecule has 4 nitrogen and oxygen atoms in total. The van der Waals surface area contributed by atoms with Crippen molar-refractivity contribution in [1.29, 1.82) is 0 Å². The first kappa shape index (κ1) is 9.43. The fraction of sp³-hybridized carbons (Fsp3) is 0.500. The van der Waals surface area contributed by atoms with Crippen molar-refractivity contribution < 1.29 is 9.84 Å². The Hall–Kier alpha value is -1.13. The molecule has 0 aromatic carbocycles. The van der Waals surface area contributed by atoms with Crippen LogP contribution >= 0.6 is 0 Å². The van der Waals surface area contributed by atoms with Crippen LogP contribution in [0.25, 0.3) is 0 Å². The Morgan fingerprint density at radius 1 is 1.64 bits per heavy atom. The molecule has 0 amide bonds. The molecule has 0 radical (unpaired) electrons. The number of pyridine rings is 1. The van der Waals surface area contributed by atoms with Gasteiger partial charge in [0.1, 0.15) is 5.75 Å².